The van der Waals surface area contributed by atoms with Crippen molar-refractivity contribution in [1.29, 1.82) is 0 Å². The van der Waals surface area contributed by atoms with Crippen molar-refractivity contribution in [2.24, 2.45) is 0 Å². The summed E-state index contributed by atoms with van der Waals surface area (Å²) in [7, 11) is 0. The fraction of sp³-hybridized carbons (Fsp3) is 0.360. The van der Waals surface area contributed by atoms with Crippen LogP contribution in [0.3, 0.4) is 0 Å². The van der Waals surface area contributed by atoms with Gasteiger partial charge in [0, 0.05) is 30.5 Å². The average Bonchev–Trinajstić information content (AvgIpc) is 3.24. The highest BCUT2D eigenvalue weighted by Gasteiger charge is 2.33. The van der Waals surface area contributed by atoms with Gasteiger partial charge < -0.3 is 9.47 Å². The normalized spacial score (nSPS) is 14.9. The van der Waals surface area contributed by atoms with Gasteiger partial charge in [0.05, 0.1) is 12.1 Å². The van der Waals surface area contributed by atoms with Crippen molar-refractivity contribution in [3.05, 3.63) is 89.3 Å². The number of hydrogen-bond donors (Lipinski definition) is 0. The van der Waals surface area contributed by atoms with Crippen molar-refractivity contribution in [3.63, 3.8) is 0 Å². The van der Waals surface area contributed by atoms with Crippen LogP contribution in [0.25, 0.3) is 0 Å². The lowest BCUT2D eigenvalue weighted by atomic mass is 9.93. The number of nitrogens with zero attached hydrogens (tertiary/aromatic N) is 3. The molecule has 0 unspecified atom stereocenters. The highest BCUT2D eigenvalue weighted by molar-refractivity contribution is 5.94. The molecule has 0 saturated heterocycles. The lowest BCUT2D eigenvalue weighted by molar-refractivity contribution is -0.138. The van der Waals surface area contributed by atoms with E-state index in [0.29, 0.717) is 11.4 Å². The molecule has 1 saturated carbocycles. The number of carbonyl (C=O) groups is 1. The van der Waals surface area contributed by atoms with Crippen LogP contribution in [0, 0.1) is 5.82 Å². The number of amides is 1. The second kappa shape index (κ2) is 9.77. The third kappa shape index (κ3) is 5.43. The van der Waals surface area contributed by atoms with E-state index in [0.717, 1.165) is 38.2 Å². The van der Waals surface area contributed by atoms with E-state index in [9.17, 15) is 22.4 Å². The second-order valence-corrected chi connectivity index (χ2v) is 8.36. The number of aromatic nitrogens is 2. The van der Waals surface area contributed by atoms with Crippen molar-refractivity contribution in [1.82, 2.24) is 14.5 Å². The highest BCUT2D eigenvalue weighted by Crippen LogP contribution is 2.32. The molecule has 0 radical (unpaired) electrons. The zero-order chi connectivity index (χ0) is 23.4. The molecule has 0 spiro atoms. The van der Waals surface area contributed by atoms with Crippen molar-refractivity contribution < 1.29 is 22.4 Å². The first-order valence-electron chi connectivity index (χ1n) is 11.0. The van der Waals surface area contributed by atoms with Crippen molar-refractivity contribution >= 4 is 5.91 Å². The maximum absolute atomic E-state index is 13.4. The number of carbonyl (C=O) groups excluding carboxylic acids is 1. The maximum Gasteiger partial charge on any atom is 0.416 e. The molecule has 2 aromatic carbocycles. The molecule has 33 heavy (non-hydrogen) atoms. The van der Waals surface area contributed by atoms with Crippen molar-refractivity contribution in [3.8, 4) is 0 Å². The zero-order valence-electron chi connectivity index (χ0n) is 18.1. The van der Waals surface area contributed by atoms with E-state index >= 15 is 0 Å². The fourth-order valence-corrected chi connectivity index (χ4v) is 4.42. The molecule has 1 aliphatic carbocycles. The molecule has 0 bridgehead atoms. The zero-order valence-corrected chi connectivity index (χ0v) is 18.1. The van der Waals surface area contributed by atoms with Crippen LogP contribution in [0.1, 0.15) is 59.4 Å². The molecule has 1 fully saturated rings. The molecule has 1 amide bonds. The molecule has 0 atom stereocenters. The summed E-state index contributed by atoms with van der Waals surface area (Å²) in [6, 6.07) is 10.9. The molecule has 3 aromatic rings. The van der Waals surface area contributed by atoms with Crippen LogP contribution in [0.4, 0.5) is 17.6 Å². The summed E-state index contributed by atoms with van der Waals surface area (Å²) < 4.78 is 55.4. The predicted molar refractivity (Wildman–Crippen MR) is 116 cm³/mol. The van der Waals surface area contributed by atoms with Crippen molar-refractivity contribution in [2.45, 2.75) is 57.4 Å². The van der Waals surface area contributed by atoms with Gasteiger partial charge in [-0.25, -0.2) is 9.37 Å². The molecule has 0 aliphatic heterocycles. The van der Waals surface area contributed by atoms with Gasteiger partial charge in [-0.05, 0) is 48.7 Å². The summed E-state index contributed by atoms with van der Waals surface area (Å²) in [6.45, 7) is 0.163. The van der Waals surface area contributed by atoms with E-state index in [-0.39, 0.29) is 30.6 Å². The van der Waals surface area contributed by atoms with Gasteiger partial charge in [0.25, 0.3) is 5.91 Å². The van der Waals surface area contributed by atoms with Crippen LogP contribution < -0.4 is 0 Å². The van der Waals surface area contributed by atoms with Gasteiger partial charge >= 0.3 is 6.18 Å². The smallest absolute Gasteiger partial charge is 0.329 e. The SMILES string of the molecule is O=C(c1ccc(F)cc1)N(Cc1nccn1Cc1ccccc1C(F)(F)F)C1CCCCC1. The van der Waals surface area contributed by atoms with Crippen LogP contribution >= 0.6 is 0 Å². The number of hydrogen-bond acceptors (Lipinski definition) is 2. The van der Waals surface area contributed by atoms with E-state index in [4.69, 9.17) is 0 Å². The van der Waals surface area contributed by atoms with E-state index in [1.54, 1.807) is 21.7 Å². The third-order valence-electron chi connectivity index (χ3n) is 6.14. The van der Waals surface area contributed by atoms with Crippen LogP contribution in [0.15, 0.2) is 60.9 Å². The Labute approximate surface area is 189 Å². The number of alkyl halides is 3. The van der Waals surface area contributed by atoms with Gasteiger partial charge in [-0.2, -0.15) is 13.2 Å². The van der Waals surface area contributed by atoms with Crippen LogP contribution in [-0.4, -0.2) is 26.4 Å². The number of imidazole rings is 1. The molecule has 174 valence electrons. The van der Waals surface area contributed by atoms with Gasteiger partial charge in [-0.1, -0.05) is 37.5 Å². The Hall–Kier alpha value is -3.16. The summed E-state index contributed by atoms with van der Waals surface area (Å²) in [5.74, 6) is -0.144. The highest BCUT2D eigenvalue weighted by atomic mass is 19.4. The first kappa shape index (κ1) is 23.0. The lowest BCUT2D eigenvalue weighted by Gasteiger charge is -2.34. The Morgan fingerprint density at radius 2 is 1.73 bits per heavy atom. The number of rotatable bonds is 6. The topological polar surface area (TPSA) is 38.1 Å². The van der Waals surface area contributed by atoms with E-state index < -0.39 is 17.6 Å². The average molecular weight is 459 g/mol. The molecule has 1 aliphatic rings. The molecule has 4 nitrogen and oxygen atoms in total. The summed E-state index contributed by atoms with van der Waals surface area (Å²) in [4.78, 5) is 19.4. The fourth-order valence-electron chi connectivity index (χ4n) is 4.42. The summed E-state index contributed by atoms with van der Waals surface area (Å²) in [5, 5.41) is 0. The first-order chi connectivity index (χ1) is 15.8. The molecule has 1 heterocycles. The quantitative estimate of drug-likeness (QED) is 0.420. The van der Waals surface area contributed by atoms with Gasteiger partial charge in [-0.15, -0.1) is 0 Å². The third-order valence-corrected chi connectivity index (χ3v) is 6.14. The maximum atomic E-state index is 13.4. The summed E-state index contributed by atoms with van der Waals surface area (Å²) >= 11 is 0. The minimum atomic E-state index is -4.45. The monoisotopic (exact) mass is 459 g/mol. The van der Waals surface area contributed by atoms with E-state index in [1.165, 1.54) is 42.6 Å². The van der Waals surface area contributed by atoms with Gasteiger partial charge in [-0.3, -0.25) is 4.79 Å². The largest absolute Gasteiger partial charge is 0.416 e. The molecular weight excluding hydrogens is 434 g/mol. The Balaban J connectivity index is 1.61. The Morgan fingerprint density at radius 3 is 2.42 bits per heavy atom. The van der Waals surface area contributed by atoms with Crippen LogP contribution in [0.5, 0.6) is 0 Å². The minimum absolute atomic E-state index is 0.00362. The van der Waals surface area contributed by atoms with E-state index in [2.05, 4.69) is 4.98 Å². The first-order valence-corrected chi connectivity index (χ1v) is 11.0. The molecular formula is C25H25F4N3O. The molecule has 8 heteroatoms. The second-order valence-electron chi connectivity index (χ2n) is 8.36. The number of halogens is 4. The Bertz CT molecular complexity index is 1090. The standard InChI is InChI=1S/C25H25F4N3O/c26-20-12-10-18(11-13-20)24(33)32(21-7-2-1-3-8-21)17-23-30-14-15-31(23)16-19-6-4-5-9-22(19)25(27,28)29/h4-6,9-15,21H,1-3,7-8,16-17H2. The van der Waals surface area contributed by atoms with Gasteiger partial charge in [0.15, 0.2) is 0 Å². The lowest BCUT2D eigenvalue weighted by Crippen LogP contribution is -2.41. The summed E-state index contributed by atoms with van der Waals surface area (Å²) in [5.41, 5.74) is -0.169. The Kier molecular flexibility index (Phi) is 6.81. The van der Waals surface area contributed by atoms with Gasteiger partial charge in [0.1, 0.15) is 11.6 Å². The predicted octanol–water partition coefficient (Wildman–Crippen LogP) is 6.06. The molecule has 0 N–H and O–H groups in total. The van der Waals surface area contributed by atoms with Crippen molar-refractivity contribution in [2.75, 3.05) is 0 Å². The molecule has 4 rings (SSSR count). The minimum Gasteiger partial charge on any atom is -0.329 e. The Morgan fingerprint density at radius 1 is 1.03 bits per heavy atom. The number of benzene rings is 2. The van der Waals surface area contributed by atoms with Crippen LogP contribution in [-0.2, 0) is 19.3 Å². The van der Waals surface area contributed by atoms with Crippen LogP contribution in [0.2, 0.25) is 0 Å². The van der Waals surface area contributed by atoms with E-state index in [1.807, 2.05) is 0 Å². The summed E-state index contributed by atoms with van der Waals surface area (Å²) in [6.07, 6.45) is 3.53. The molecule has 1 aromatic heterocycles. The van der Waals surface area contributed by atoms with Gasteiger partial charge in [0.2, 0.25) is 0 Å².